The molecule has 3 heteroatoms. The molecule has 0 N–H and O–H groups in total. The molecular weight excluding hydrogens is 292 g/mol. The summed E-state index contributed by atoms with van der Waals surface area (Å²) in [6, 6.07) is 0. The fraction of sp³-hybridized carbons (Fsp3) is 0.600. The summed E-state index contributed by atoms with van der Waals surface area (Å²) in [6.45, 7) is 10.9. The number of hydrogen-bond acceptors (Lipinski definition) is 0. The molecule has 0 nitrogen and oxygen atoms in total. The summed E-state index contributed by atoms with van der Waals surface area (Å²) >= 11 is 0. The Morgan fingerprint density at radius 3 is 1.46 bits per heavy atom. The van der Waals surface area contributed by atoms with Crippen LogP contribution in [-0.4, -0.2) is 0 Å². The maximum absolute atomic E-state index is 3.44. The molecule has 0 heterocycles. The maximum atomic E-state index is 3.44. The van der Waals surface area contributed by atoms with Gasteiger partial charge in [-0.3, -0.25) is 6.08 Å². The van der Waals surface area contributed by atoms with Crippen molar-refractivity contribution < 1.29 is 19.5 Å². The summed E-state index contributed by atoms with van der Waals surface area (Å²) < 4.78 is 0. The standard InChI is InChI=1S/C10H15.2ClH.Ru/c1-7-6-10(4,5)9(3)8(7)2;;;/h1-5H3;2*1H;/q-1;;;+1. The Kier molecular flexibility index (Phi) is 9.23. The Hall–Kier alpha value is 0.683. The van der Waals surface area contributed by atoms with Gasteiger partial charge in [0.05, 0.1) is 0 Å². The molecule has 0 bridgehead atoms. The molecule has 0 atom stereocenters. The van der Waals surface area contributed by atoms with Gasteiger partial charge in [-0.2, -0.15) is 11.1 Å². The average Bonchev–Trinajstić information content (AvgIpc) is 1.95. The van der Waals surface area contributed by atoms with Crippen LogP contribution in [0.1, 0.15) is 34.6 Å². The van der Waals surface area contributed by atoms with E-state index in [0.717, 1.165) is 0 Å². The van der Waals surface area contributed by atoms with Gasteiger partial charge in [0.2, 0.25) is 0 Å². The van der Waals surface area contributed by atoms with Gasteiger partial charge in [0.1, 0.15) is 0 Å². The van der Waals surface area contributed by atoms with E-state index >= 15 is 0 Å². The number of allylic oxidation sites excluding steroid dienone is 4. The second kappa shape index (κ2) is 6.22. The Bertz CT molecular complexity index is 227. The minimum atomic E-state index is 0. The molecule has 0 amide bonds. The summed E-state index contributed by atoms with van der Waals surface area (Å²) in [5.74, 6) is 0. The molecule has 0 saturated carbocycles. The van der Waals surface area contributed by atoms with Gasteiger partial charge in [-0.25, -0.2) is 5.57 Å². The van der Waals surface area contributed by atoms with Gasteiger partial charge in [0.15, 0.2) is 0 Å². The quantitative estimate of drug-likeness (QED) is 0.469. The van der Waals surface area contributed by atoms with Crippen molar-refractivity contribution in [3.63, 3.8) is 0 Å². The van der Waals surface area contributed by atoms with Crippen LogP contribution in [0, 0.1) is 11.5 Å². The van der Waals surface area contributed by atoms with E-state index in [1.165, 1.54) is 16.7 Å². The van der Waals surface area contributed by atoms with E-state index in [1.54, 1.807) is 0 Å². The van der Waals surface area contributed by atoms with Crippen LogP contribution in [0.3, 0.4) is 0 Å². The fourth-order valence-electron chi connectivity index (χ4n) is 1.41. The second-order valence-electron chi connectivity index (χ2n) is 3.62. The topological polar surface area (TPSA) is 0 Å². The first kappa shape index (κ1) is 19.3. The molecule has 1 aliphatic rings. The smallest absolute Gasteiger partial charge is 0.263 e. The van der Waals surface area contributed by atoms with Crippen LogP contribution in [0.2, 0.25) is 0 Å². The van der Waals surface area contributed by atoms with E-state index < -0.39 is 0 Å². The normalized spacial score (nSPS) is 18.1. The molecular formula is C10H17Cl2Ru. The summed E-state index contributed by atoms with van der Waals surface area (Å²) in [5.41, 5.74) is 4.39. The third-order valence-electron chi connectivity index (χ3n) is 2.56. The first-order valence-corrected chi connectivity index (χ1v) is 3.75. The van der Waals surface area contributed by atoms with E-state index in [9.17, 15) is 0 Å². The minimum Gasteiger partial charge on any atom is -0.263 e. The second-order valence-corrected chi connectivity index (χ2v) is 3.62. The van der Waals surface area contributed by atoms with Crippen molar-refractivity contribution >= 4 is 24.8 Å². The van der Waals surface area contributed by atoms with Crippen molar-refractivity contribution in [3.8, 4) is 0 Å². The zero-order chi connectivity index (χ0) is 7.94. The number of rotatable bonds is 0. The average molecular weight is 309 g/mol. The van der Waals surface area contributed by atoms with Crippen LogP contribution < -0.4 is 0 Å². The molecule has 0 saturated heterocycles. The van der Waals surface area contributed by atoms with Crippen molar-refractivity contribution in [2.75, 3.05) is 0 Å². The molecule has 1 aliphatic carbocycles. The first-order valence-electron chi connectivity index (χ1n) is 3.75. The van der Waals surface area contributed by atoms with Gasteiger partial charge in [-0.15, -0.1) is 31.7 Å². The predicted octanol–water partition coefficient (Wildman–Crippen LogP) is 3.95. The molecule has 0 aromatic heterocycles. The van der Waals surface area contributed by atoms with Gasteiger partial charge in [-0.1, -0.05) is 33.1 Å². The fourth-order valence-corrected chi connectivity index (χ4v) is 1.41. The van der Waals surface area contributed by atoms with E-state index in [0.29, 0.717) is 0 Å². The molecule has 0 aromatic rings. The number of hydrogen-bond donors (Lipinski definition) is 0. The molecule has 1 radical (unpaired) electrons. The summed E-state index contributed by atoms with van der Waals surface area (Å²) in [7, 11) is 0. The van der Waals surface area contributed by atoms with Crippen LogP contribution in [0.4, 0.5) is 0 Å². The molecule has 0 aromatic carbocycles. The largest absolute Gasteiger partial charge is 1.00 e. The van der Waals surface area contributed by atoms with Crippen LogP contribution in [0.25, 0.3) is 0 Å². The van der Waals surface area contributed by atoms with Crippen molar-refractivity contribution in [2.24, 2.45) is 5.41 Å². The minimum absolute atomic E-state index is 0. The van der Waals surface area contributed by atoms with E-state index in [1.807, 2.05) is 0 Å². The third kappa shape index (κ3) is 3.74. The van der Waals surface area contributed by atoms with Crippen molar-refractivity contribution in [1.82, 2.24) is 0 Å². The van der Waals surface area contributed by atoms with Gasteiger partial charge in [-0.05, 0) is 0 Å². The van der Waals surface area contributed by atoms with Crippen LogP contribution in [-0.2, 0) is 19.5 Å². The van der Waals surface area contributed by atoms with Crippen LogP contribution in [0.15, 0.2) is 16.7 Å². The molecule has 79 valence electrons. The van der Waals surface area contributed by atoms with Gasteiger partial charge < -0.3 is 0 Å². The van der Waals surface area contributed by atoms with Gasteiger partial charge in [0.25, 0.3) is 0 Å². The third-order valence-corrected chi connectivity index (χ3v) is 2.56. The van der Waals surface area contributed by atoms with E-state index in [4.69, 9.17) is 0 Å². The summed E-state index contributed by atoms with van der Waals surface area (Å²) in [5, 5.41) is 0. The molecule has 1 rings (SSSR count). The maximum Gasteiger partial charge on any atom is 1.00 e. The van der Waals surface area contributed by atoms with E-state index in [-0.39, 0.29) is 49.7 Å². The summed E-state index contributed by atoms with van der Waals surface area (Å²) in [6.07, 6.45) is 3.44. The summed E-state index contributed by atoms with van der Waals surface area (Å²) in [4.78, 5) is 0. The Balaban J connectivity index is -0.000000333. The van der Waals surface area contributed by atoms with Gasteiger partial charge >= 0.3 is 19.5 Å². The van der Waals surface area contributed by atoms with E-state index in [2.05, 4.69) is 40.7 Å². The van der Waals surface area contributed by atoms with Crippen molar-refractivity contribution in [2.45, 2.75) is 34.6 Å². The van der Waals surface area contributed by atoms with Gasteiger partial charge in [0, 0.05) is 0 Å². The zero-order valence-corrected chi connectivity index (χ0v) is 12.0. The monoisotopic (exact) mass is 309 g/mol. The van der Waals surface area contributed by atoms with Crippen molar-refractivity contribution in [1.29, 1.82) is 0 Å². The molecule has 0 spiro atoms. The first-order chi connectivity index (χ1) is 4.45. The number of halogens is 2. The Labute approximate surface area is 107 Å². The molecule has 13 heavy (non-hydrogen) atoms. The SMILES string of the molecule is CC1=[C-]C(C)(C)C(C)=C1C.Cl.Cl.[Ru+]. The Morgan fingerprint density at radius 1 is 1.00 bits per heavy atom. The predicted molar refractivity (Wildman–Crippen MR) is 59.1 cm³/mol. The molecule has 0 fully saturated rings. The van der Waals surface area contributed by atoms with Crippen molar-refractivity contribution in [3.05, 3.63) is 22.8 Å². The van der Waals surface area contributed by atoms with Crippen LogP contribution in [0.5, 0.6) is 0 Å². The zero-order valence-electron chi connectivity index (χ0n) is 8.67. The molecule has 0 unspecified atom stereocenters. The molecule has 0 aliphatic heterocycles. The Morgan fingerprint density at radius 2 is 1.38 bits per heavy atom. The van der Waals surface area contributed by atoms with Crippen LogP contribution >= 0.6 is 24.8 Å².